The molecule has 1 aromatic heterocycles. The number of aliphatic carboxylic acids is 1. The van der Waals surface area contributed by atoms with Gasteiger partial charge in [-0.15, -0.1) is 11.3 Å². The second kappa shape index (κ2) is 7.81. The van der Waals surface area contributed by atoms with Crippen molar-refractivity contribution < 1.29 is 19.4 Å². The molecule has 0 aliphatic heterocycles. The maximum Gasteiger partial charge on any atom is 0.309 e. The van der Waals surface area contributed by atoms with Crippen LogP contribution in [0.1, 0.15) is 11.3 Å². The highest BCUT2D eigenvalue weighted by atomic mass is 32.1. The lowest BCUT2D eigenvalue weighted by Crippen LogP contribution is -2.01. The van der Waals surface area contributed by atoms with E-state index in [0.29, 0.717) is 28.8 Å². The van der Waals surface area contributed by atoms with E-state index >= 15 is 0 Å². The number of hydrogen-bond acceptors (Lipinski definition) is 5. The molecule has 0 spiro atoms. The average molecular weight is 355 g/mol. The Hall–Kier alpha value is -2.86. The number of carbonyl (C=O) groups is 1. The molecule has 1 N–H and O–H groups in total. The molecule has 0 radical (unpaired) electrons. The van der Waals surface area contributed by atoms with Gasteiger partial charge in [0.15, 0.2) is 11.5 Å². The Balaban J connectivity index is 1.90. The summed E-state index contributed by atoms with van der Waals surface area (Å²) in [5, 5.41) is 11.4. The standard InChI is InChI=1S/C19H17NO4S/c1-23-16-9-5-8-15(19-20-14(12-25-19)10-17(21)22)18(16)24-11-13-6-3-2-4-7-13/h2-9,12H,10-11H2,1H3,(H,21,22). The third kappa shape index (κ3) is 4.16. The van der Waals surface area contributed by atoms with Crippen molar-refractivity contribution in [2.75, 3.05) is 7.11 Å². The van der Waals surface area contributed by atoms with Crippen molar-refractivity contribution in [1.29, 1.82) is 0 Å². The fraction of sp³-hybridized carbons (Fsp3) is 0.158. The molecule has 0 unspecified atom stereocenters. The smallest absolute Gasteiger partial charge is 0.309 e. The zero-order valence-corrected chi connectivity index (χ0v) is 14.5. The molecule has 0 aliphatic rings. The molecule has 0 bridgehead atoms. The Labute approximate surface area is 149 Å². The van der Waals surface area contributed by atoms with Gasteiger partial charge in [-0.05, 0) is 17.7 Å². The second-order valence-electron chi connectivity index (χ2n) is 5.33. The Morgan fingerprint density at radius 1 is 1.16 bits per heavy atom. The summed E-state index contributed by atoms with van der Waals surface area (Å²) in [6.07, 6.45) is -0.0966. The van der Waals surface area contributed by atoms with Crippen LogP contribution in [0.25, 0.3) is 10.6 Å². The number of aromatic nitrogens is 1. The zero-order chi connectivity index (χ0) is 17.6. The predicted octanol–water partition coefficient (Wildman–Crippen LogP) is 4.02. The van der Waals surface area contributed by atoms with Gasteiger partial charge in [-0.3, -0.25) is 4.79 Å². The molecule has 3 aromatic rings. The monoisotopic (exact) mass is 355 g/mol. The predicted molar refractivity (Wildman–Crippen MR) is 96.2 cm³/mol. The number of nitrogens with zero attached hydrogens (tertiary/aromatic N) is 1. The van der Waals surface area contributed by atoms with Crippen molar-refractivity contribution >= 4 is 17.3 Å². The zero-order valence-electron chi connectivity index (χ0n) is 13.6. The molecular weight excluding hydrogens is 338 g/mol. The molecule has 0 saturated carbocycles. The molecule has 1 heterocycles. The molecule has 5 nitrogen and oxygen atoms in total. The molecule has 128 valence electrons. The number of rotatable bonds is 7. The molecule has 2 aromatic carbocycles. The van der Waals surface area contributed by atoms with Gasteiger partial charge in [0.25, 0.3) is 0 Å². The first kappa shape index (κ1) is 17.0. The lowest BCUT2D eigenvalue weighted by Gasteiger charge is -2.14. The van der Waals surface area contributed by atoms with Crippen LogP contribution in [0.3, 0.4) is 0 Å². The molecule has 0 saturated heterocycles. The summed E-state index contributed by atoms with van der Waals surface area (Å²) in [6, 6.07) is 15.4. The van der Waals surface area contributed by atoms with Gasteiger partial charge in [0.1, 0.15) is 11.6 Å². The lowest BCUT2D eigenvalue weighted by molar-refractivity contribution is -0.136. The molecule has 0 aliphatic carbocycles. The second-order valence-corrected chi connectivity index (χ2v) is 6.18. The average Bonchev–Trinajstić information content (AvgIpc) is 3.08. The van der Waals surface area contributed by atoms with Gasteiger partial charge in [0, 0.05) is 5.38 Å². The van der Waals surface area contributed by atoms with Crippen LogP contribution in [0.15, 0.2) is 53.9 Å². The van der Waals surface area contributed by atoms with Gasteiger partial charge in [0.05, 0.1) is 24.8 Å². The summed E-state index contributed by atoms with van der Waals surface area (Å²) in [5.41, 5.74) is 2.37. The van der Waals surface area contributed by atoms with E-state index in [1.807, 2.05) is 48.5 Å². The van der Waals surface area contributed by atoms with Gasteiger partial charge < -0.3 is 14.6 Å². The first-order valence-electron chi connectivity index (χ1n) is 7.67. The first-order valence-corrected chi connectivity index (χ1v) is 8.55. The number of hydrogen-bond donors (Lipinski definition) is 1. The van der Waals surface area contributed by atoms with Gasteiger partial charge in [-0.2, -0.15) is 0 Å². The number of benzene rings is 2. The third-order valence-electron chi connectivity index (χ3n) is 3.54. The minimum atomic E-state index is -0.900. The number of para-hydroxylation sites is 1. The number of methoxy groups -OCH3 is 1. The van der Waals surface area contributed by atoms with Crippen molar-refractivity contribution in [3.8, 4) is 22.1 Å². The van der Waals surface area contributed by atoms with E-state index in [9.17, 15) is 4.79 Å². The minimum Gasteiger partial charge on any atom is -0.493 e. The van der Waals surface area contributed by atoms with Gasteiger partial charge in [0.2, 0.25) is 0 Å². The van der Waals surface area contributed by atoms with Crippen molar-refractivity contribution in [2.45, 2.75) is 13.0 Å². The third-order valence-corrected chi connectivity index (χ3v) is 4.46. The van der Waals surface area contributed by atoms with Crippen LogP contribution < -0.4 is 9.47 Å². The van der Waals surface area contributed by atoms with Crippen LogP contribution in [0.5, 0.6) is 11.5 Å². The van der Waals surface area contributed by atoms with Gasteiger partial charge in [-0.25, -0.2) is 4.98 Å². The van der Waals surface area contributed by atoms with Crippen molar-refractivity contribution in [3.05, 3.63) is 65.2 Å². The molecule has 6 heteroatoms. The van der Waals surface area contributed by atoms with E-state index in [1.54, 1.807) is 12.5 Å². The highest BCUT2D eigenvalue weighted by molar-refractivity contribution is 7.13. The van der Waals surface area contributed by atoms with Gasteiger partial charge >= 0.3 is 5.97 Å². The fourth-order valence-electron chi connectivity index (χ4n) is 2.39. The number of carboxylic acid groups (broad SMARTS) is 1. The maximum atomic E-state index is 10.9. The summed E-state index contributed by atoms with van der Waals surface area (Å²) in [5.74, 6) is 0.316. The Morgan fingerprint density at radius 2 is 1.96 bits per heavy atom. The highest BCUT2D eigenvalue weighted by Crippen LogP contribution is 2.39. The van der Waals surface area contributed by atoms with Crippen molar-refractivity contribution in [1.82, 2.24) is 4.98 Å². The van der Waals surface area contributed by atoms with Gasteiger partial charge in [-0.1, -0.05) is 36.4 Å². The van der Waals surface area contributed by atoms with Crippen LogP contribution in [0, 0.1) is 0 Å². The molecule has 25 heavy (non-hydrogen) atoms. The van der Waals surface area contributed by atoms with E-state index in [0.717, 1.165) is 11.1 Å². The largest absolute Gasteiger partial charge is 0.493 e. The quantitative estimate of drug-likeness (QED) is 0.693. The van der Waals surface area contributed by atoms with Crippen LogP contribution in [0.4, 0.5) is 0 Å². The number of ether oxygens (including phenoxy) is 2. The molecule has 0 fully saturated rings. The normalized spacial score (nSPS) is 10.4. The van der Waals surface area contributed by atoms with Crippen LogP contribution in [0.2, 0.25) is 0 Å². The minimum absolute atomic E-state index is 0.0966. The number of thiazole rings is 1. The van der Waals surface area contributed by atoms with Crippen LogP contribution >= 0.6 is 11.3 Å². The van der Waals surface area contributed by atoms with Crippen molar-refractivity contribution in [2.24, 2.45) is 0 Å². The Morgan fingerprint density at radius 3 is 2.68 bits per heavy atom. The summed E-state index contributed by atoms with van der Waals surface area (Å²) in [4.78, 5) is 15.3. The molecular formula is C19H17NO4S. The SMILES string of the molecule is COc1cccc(-c2nc(CC(=O)O)cs2)c1OCc1ccccc1. The van der Waals surface area contributed by atoms with Crippen molar-refractivity contribution in [3.63, 3.8) is 0 Å². The summed E-state index contributed by atoms with van der Waals surface area (Å²) < 4.78 is 11.4. The molecule has 0 atom stereocenters. The molecule has 3 rings (SSSR count). The van der Waals surface area contributed by atoms with Crippen LogP contribution in [-0.2, 0) is 17.8 Å². The summed E-state index contributed by atoms with van der Waals surface area (Å²) >= 11 is 1.39. The van der Waals surface area contributed by atoms with E-state index in [2.05, 4.69) is 4.98 Å². The number of carboxylic acids is 1. The van der Waals surface area contributed by atoms with E-state index < -0.39 is 5.97 Å². The van der Waals surface area contributed by atoms with E-state index in [-0.39, 0.29) is 6.42 Å². The first-order chi connectivity index (χ1) is 12.2. The molecule has 0 amide bonds. The summed E-state index contributed by atoms with van der Waals surface area (Å²) in [6.45, 7) is 0.404. The lowest BCUT2D eigenvalue weighted by atomic mass is 10.2. The Bertz CT molecular complexity index is 861. The summed E-state index contributed by atoms with van der Waals surface area (Å²) in [7, 11) is 1.59. The highest BCUT2D eigenvalue weighted by Gasteiger charge is 2.16. The maximum absolute atomic E-state index is 10.9. The topological polar surface area (TPSA) is 68.7 Å². The Kier molecular flexibility index (Phi) is 5.30. The van der Waals surface area contributed by atoms with Crippen LogP contribution in [-0.4, -0.2) is 23.2 Å². The van der Waals surface area contributed by atoms with E-state index in [1.165, 1.54) is 11.3 Å². The fourth-order valence-corrected chi connectivity index (χ4v) is 3.23. The van der Waals surface area contributed by atoms with E-state index in [4.69, 9.17) is 14.6 Å².